The number of nitrogens with zero attached hydrogens (tertiary/aromatic N) is 1. The van der Waals surface area contributed by atoms with Gasteiger partial charge in [-0.3, -0.25) is 0 Å². The highest BCUT2D eigenvalue weighted by Crippen LogP contribution is 2.33. The Morgan fingerprint density at radius 3 is 2.35 bits per heavy atom. The van der Waals surface area contributed by atoms with Gasteiger partial charge < -0.3 is 15.2 Å². The lowest BCUT2D eigenvalue weighted by Gasteiger charge is -2.13. The fraction of sp³-hybridized carbons (Fsp3) is 0.250. The third kappa shape index (κ3) is 2.50. The van der Waals surface area contributed by atoms with Crippen LogP contribution in [0.2, 0.25) is 0 Å². The van der Waals surface area contributed by atoms with Crippen molar-refractivity contribution in [3.05, 3.63) is 34.3 Å². The molecule has 90 valence electrons. The van der Waals surface area contributed by atoms with Gasteiger partial charge in [0.1, 0.15) is 11.5 Å². The summed E-state index contributed by atoms with van der Waals surface area (Å²) < 4.78 is 10.7. The van der Waals surface area contributed by atoms with Gasteiger partial charge in [-0.1, -0.05) is 0 Å². The Morgan fingerprint density at radius 1 is 1.24 bits per heavy atom. The first-order valence-electron chi connectivity index (χ1n) is 5.12. The zero-order valence-electron chi connectivity index (χ0n) is 9.77. The Bertz CT molecular complexity index is 472. The molecule has 0 spiro atoms. The Balaban J connectivity index is 2.42. The Morgan fingerprint density at radius 2 is 1.88 bits per heavy atom. The molecule has 2 aromatic rings. The summed E-state index contributed by atoms with van der Waals surface area (Å²) in [7, 11) is 3.25. The van der Waals surface area contributed by atoms with Crippen LogP contribution >= 0.6 is 11.3 Å². The summed E-state index contributed by atoms with van der Waals surface area (Å²) in [6.07, 6.45) is 0.677. The fourth-order valence-electron chi connectivity index (χ4n) is 1.68. The first kappa shape index (κ1) is 11.7. The molecule has 17 heavy (non-hydrogen) atoms. The normalized spacial score (nSPS) is 10.2. The fourth-order valence-corrected chi connectivity index (χ4v) is 2.24. The monoisotopic (exact) mass is 250 g/mol. The zero-order valence-corrected chi connectivity index (χ0v) is 10.6. The van der Waals surface area contributed by atoms with Crippen molar-refractivity contribution in [2.75, 3.05) is 20.0 Å². The molecule has 0 fully saturated rings. The highest BCUT2D eigenvalue weighted by Gasteiger charge is 2.13. The van der Waals surface area contributed by atoms with Crippen LogP contribution in [-0.4, -0.2) is 19.2 Å². The van der Waals surface area contributed by atoms with Gasteiger partial charge in [-0.25, -0.2) is 4.98 Å². The SMILES string of the molecule is COc1cc(N)cc(OC)c1Cc1cscn1. The lowest BCUT2D eigenvalue weighted by atomic mass is 10.1. The number of nitrogens with two attached hydrogens (primary N) is 1. The molecule has 2 rings (SSSR count). The standard InChI is InChI=1S/C12H14N2O2S/c1-15-11-3-8(13)4-12(16-2)10(11)5-9-6-17-7-14-9/h3-4,6-7H,5,13H2,1-2H3. The van der Waals surface area contributed by atoms with E-state index in [2.05, 4.69) is 4.98 Å². The molecule has 4 nitrogen and oxygen atoms in total. The predicted octanol–water partition coefficient (Wildman–Crippen LogP) is 2.33. The van der Waals surface area contributed by atoms with E-state index in [4.69, 9.17) is 15.2 Å². The van der Waals surface area contributed by atoms with E-state index in [0.29, 0.717) is 12.1 Å². The van der Waals surface area contributed by atoms with E-state index in [-0.39, 0.29) is 0 Å². The number of hydrogen-bond acceptors (Lipinski definition) is 5. The van der Waals surface area contributed by atoms with Crippen molar-refractivity contribution in [3.8, 4) is 11.5 Å². The van der Waals surface area contributed by atoms with Crippen molar-refractivity contribution < 1.29 is 9.47 Å². The van der Waals surface area contributed by atoms with Crippen molar-refractivity contribution in [3.63, 3.8) is 0 Å². The smallest absolute Gasteiger partial charge is 0.128 e. The minimum absolute atomic E-state index is 0.626. The Hall–Kier alpha value is -1.75. The molecule has 0 radical (unpaired) electrons. The largest absolute Gasteiger partial charge is 0.496 e. The number of anilines is 1. The third-order valence-electron chi connectivity index (χ3n) is 2.47. The van der Waals surface area contributed by atoms with E-state index in [1.54, 1.807) is 37.7 Å². The number of aromatic nitrogens is 1. The summed E-state index contributed by atoms with van der Waals surface area (Å²) in [6, 6.07) is 3.59. The molecule has 0 amide bonds. The molecule has 0 aliphatic rings. The number of thiazole rings is 1. The van der Waals surface area contributed by atoms with Gasteiger partial charge in [0.05, 0.1) is 25.4 Å². The molecular weight excluding hydrogens is 236 g/mol. The number of methoxy groups -OCH3 is 2. The predicted molar refractivity (Wildman–Crippen MR) is 68.9 cm³/mol. The second-order valence-electron chi connectivity index (χ2n) is 3.56. The number of ether oxygens (including phenoxy) is 2. The van der Waals surface area contributed by atoms with Crippen LogP contribution in [0.4, 0.5) is 5.69 Å². The highest BCUT2D eigenvalue weighted by molar-refractivity contribution is 7.07. The third-order valence-corrected chi connectivity index (χ3v) is 3.11. The highest BCUT2D eigenvalue weighted by atomic mass is 32.1. The molecule has 1 aromatic heterocycles. The van der Waals surface area contributed by atoms with Crippen molar-refractivity contribution in [2.45, 2.75) is 6.42 Å². The van der Waals surface area contributed by atoms with Gasteiger partial charge in [0.2, 0.25) is 0 Å². The van der Waals surface area contributed by atoms with E-state index in [1.165, 1.54) is 0 Å². The van der Waals surface area contributed by atoms with E-state index in [1.807, 2.05) is 10.9 Å². The summed E-state index contributed by atoms with van der Waals surface area (Å²) in [5.41, 5.74) is 10.2. The maximum Gasteiger partial charge on any atom is 0.128 e. The number of benzene rings is 1. The van der Waals surface area contributed by atoms with Crippen molar-refractivity contribution in [1.82, 2.24) is 4.98 Å². The van der Waals surface area contributed by atoms with Crippen LogP contribution in [-0.2, 0) is 6.42 Å². The Kier molecular flexibility index (Phi) is 3.49. The van der Waals surface area contributed by atoms with Gasteiger partial charge >= 0.3 is 0 Å². The molecule has 0 atom stereocenters. The summed E-state index contributed by atoms with van der Waals surface area (Å²) in [4.78, 5) is 4.26. The second-order valence-corrected chi connectivity index (χ2v) is 4.28. The summed E-state index contributed by atoms with van der Waals surface area (Å²) >= 11 is 1.57. The van der Waals surface area contributed by atoms with Crippen LogP contribution < -0.4 is 15.2 Å². The maximum absolute atomic E-state index is 5.78. The number of hydrogen-bond donors (Lipinski definition) is 1. The first-order chi connectivity index (χ1) is 8.24. The summed E-state index contributed by atoms with van der Waals surface area (Å²) in [5.74, 6) is 1.46. The quantitative estimate of drug-likeness (QED) is 0.846. The second kappa shape index (κ2) is 5.05. The van der Waals surface area contributed by atoms with Crippen molar-refractivity contribution >= 4 is 17.0 Å². The molecule has 0 unspecified atom stereocenters. The van der Waals surface area contributed by atoms with Gasteiger partial charge in [0, 0.05) is 35.2 Å². The van der Waals surface area contributed by atoms with Crippen LogP contribution in [0.15, 0.2) is 23.0 Å². The van der Waals surface area contributed by atoms with Crippen molar-refractivity contribution in [2.24, 2.45) is 0 Å². The number of rotatable bonds is 4. The van der Waals surface area contributed by atoms with Gasteiger partial charge in [0.15, 0.2) is 0 Å². The van der Waals surface area contributed by atoms with Crippen LogP contribution in [0.3, 0.4) is 0 Å². The van der Waals surface area contributed by atoms with Crippen LogP contribution in [0.1, 0.15) is 11.3 Å². The minimum atomic E-state index is 0.626. The lowest BCUT2D eigenvalue weighted by Crippen LogP contribution is -2.00. The van der Waals surface area contributed by atoms with Crippen LogP contribution in [0, 0.1) is 0 Å². The average Bonchev–Trinajstić information content (AvgIpc) is 2.83. The molecular formula is C12H14N2O2S. The van der Waals surface area contributed by atoms with E-state index in [0.717, 1.165) is 22.8 Å². The van der Waals surface area contributed by atoms with Gasteiger partial charge in [-0.2, -0.15) is 0 Å². The molecule has 2 N–H and O–H groups in total. The Labute approximate surface area is 104 Å². The molecule has 0 bridgehead atoms. The molecule has 1 heterocycles. The van der Waals surface area contributed by atoms with Crippen LogP contribution in [0.25, 0.3) is 0 Å². The maximum atomic E-state index is 5.78. The van der Waals surface area contributed by atoms with Crippen molar-refractivity contribution in [1.29, 1.82) is 0 Å². The van der Waals surface area contributed by atoms with E-state index in [9.17, 15) is 0 Å². The lowest BCUT2D eigenvalue weighted by molar-refractivity contribution is 0.387. The van der Waals surface area contributed by atoms with Crippen LogP contribution in [0.5, 0.6) is 11.5 Å². The van der Waals surface area contributed by atoms with E-state index >= 15 is 0 Å². The molecule has 0 saturated heterocycles. The topological polar surface area (TPSA) is 57.4 Å². The van der Waals surface area contributed by atoms with E-state index < -0.39 is 0 Å². The molecule has 1 aromatic carbocycles. The molecule has 5 heteroatoms. The first-order valence-corrected chi connectivity index (χ1v) is 6.06. The summed E-state index contributed by atoms with van der Waals surface area (Å²) in [6.45, 7) is 0. The van der Waals surface area contributed by atoms with Gasteiger partial charge in [-0.15, -0.1) is 11.3 Å². The minimum Gasteiger partial charge on any atom is -0.496 e. The zero-order chi connectivity index (χ0) is 12.3. The molecule has 0 aliphatic heterocycles. The summed E-state index contributed by atoms with van der Waals surface area (Å²) in [5, 5.41) is 2.01. The van der Waals surface area contributed by atoms with Gasteiger partial charge in [0.25, 0.3) is 0 Å². The molecule has 0 saturated carbocycles. The number of nitrogen functional groups attached to an aromatic ring is 1. The van der Waals surface area contributed by atoms with Gasteiger partial charge in [-0.05, 0) is 0 Å². The average molecular weight is 250 g/mol. The molecule has 0 aliphatic carbocycles.